The Hall–Kier alpha value is -0.730. The summed E-state index contributed by atoms with van der Waals surface area (Å²) in [4.78, 5) is 0. The Morgan fingerprint density at radius 2 is 2.16 bits per heavy atom. The minimum Gasteiger partial charge on any atom is -0.369 e. The van der Waals surface area contributed by atoms with Gasteiger partial charge in [0.15, 0.2) is 0 Å². The lowest BCUT2D eigenvalue weighted by molar-refractivity contribution is -0.00711. The maximum Gasteiger partial charge on any atom is 0.0985 e. The highest BCUT2D eigenvalue weighted by molar-refractivity contribution is 7.80. The molecule has 19 heavy (non-hydrogen) atoms. The standard InChI is InChI=1S/C17H22OS/c1-3-12-6-5-7-13-14-8-9-18-17(4-2,11-19)16(14)10-15(12)13/h5-7,19H,3-4,8-11H2,1-2H3. The Morgan fingerprint density at radius 1 is 1.32 bits per heavy atom. The number of fused-ring (bicyclic) bond motifs is 2. The van der Waals surface area contributed by atoms with Crippen molar-refractivity contribution in [2.45, 2.75) is 45.1 Å². The lowest BCUT2D eigenvalue weighted by Gasteiger charge is -2.37. The van der Waals surface area contributed by atoms with Gasteiger partial charge in [0.1, 0.15) is 0 Å². The SMILES string of the molecule is CCc1cccc2c1CC1=C2CCOC1(CC)CS. The molecule has 1 aromatic rings. The highest BCUT2D eigenvalue weighted by Crippen LogP contribution is 2.47. The van der Waals surface area contributed by atoms with Crippen molar-refractivity contribution in [3.8, 4) is 0 Å². The minimum atomic E-state index is -0.124. The molecule has 0 radical (unpaired) electrons. The molecule has 102 valence electrons. The fourth-order valence-electron chi connectivity index (χ4n) is 3.63. The summed E-state index contributed by atoms with van der Waals surface area (Å²) in [6.07, 6.45) is 4.27. The molecule has 1 aromatic carbocycles. The second-order valence-corrected chi connectivity index (χ2v) is 5.85. The van der Waals surface area contributed by atoms with Crippen molar-refractivity contribution in [3.63, 3.8) is 0 Å². The molecule has 1 atom stereocenters. The van der Waals surface area contributed by atoms with Crippen molar-refractivity contribution < 1.29 is 4.74 Å². The molecule has 1 aliphatic heterocycles. The van der Waals surface area contributed by atoms with Crippen molar-refractivity contribution in [2.75, 3.05) is 12.4 Å². The first-order valence-electron chi connectivity index (χ1n) is 7.34. The fourth-order valence-corrected chi connectivity index (χ4v) is 4.13. The quantitative estimate of drug-likeness (QED) is 0.818. The van der Waals surface area contributed by atoms with E-state index < -0.39 is 0 Å². The summed E-state index contributed by atoms with van der Waals surface area (Å²) in [6.45, 7) is 5.30. The maximum atomic E-state index is 6.15. The van der Waals surface area contributed by atoms with E-state index in [9.17, 15) is 0 Å². The van der Waals surface area contributed by atoms with Crippen LogP contribution in [-0.2, 0) is 17.6 Å². The summed E-state index contributed by atoms with van der Waals surface area (Å²) in [6, 6.07) is 6.77. The molecular formula is C17H22OS. The molecule has 0 N–H and O–H groups in total. The monoisotopic (exact) mass is 274 g/mol. The van der Waals surface area contributed by atoms with Gasteiger partial charge in [-0.05, 0) is 53.5 Å². The summed E-state index contributed by atoms with van der Waals surface area (Å²) in [5.41, 5.74) is 7.45. The topological polar surface area (TPSA) is 9.23 Å². The fraction of sp³-hybridized carbons (Fsp3) is 0.529. The average molecular weight is 274 g/mol. The summed E-state index contributed by atoms with van der Waals surface area (Å²) in [5, 5.41) is 0. The van der Waals surface area contributed by atoms with E-state index in [-0.39, 0.29) is 5.60 Å². The lowest BCUT2D eigenvalue weighted by Crippen LogP contribution is -2.40. The smallest absolute Gasteiger partial charge is 0.0985 e. The number of hydrogen-bond donors (Lipinski definition) is 1. The Labute approximate surface area is 121 Å². The normalized spacial score (nSPS) is 25.4. The van der Waals surface area contributed by atoms with Crippen molar-refractivity contribution in [1.29, 1.82) is 0 Å². The molecule has 0 saturated heterocycles. The average Bonchev–Trinajstić information content (AvgIpc) is 2.86. The van der Waals surface area contributed by atoms with Crippen LogP contribution in [0.25, 0.3) is 5.57 Å². The van der Waals surface area contributed by atoms with Crippen LogP contribution in [0.3, 0.4) is 0 Å². The van der Waals surface area contributed by atoms with Gasteiger partial charge in [-0.25, -0.2) is 0 Å². The molecule has 0 fully saturated rings. The number of hydrogen-bond acceptors (Lipinski definition) is 2. The minimum absolute atomic E-state index is 0.124. The van der Waals surface area contributed by atoms with Crippen LogP contribution in [-0.4, -0.2) is 18.0 Å². The van der Waals surface area contributed by atoms with Gasteiger partial charge in [-0.2, -0.15) is 12.6 Å². The Balaban J connectivity index is 2.11. The number of benzene rings is 1. The predicted molar refractivity (Wildman–Crippen MR) is 83.9 cm³/mol. The van der Waals surface area contributed by atoms with Crippen LogP contribution in [0.15, 0.2) is 23.8 Å². The zero-order valence-corrected chi connectivity index (χ0v) is 12.7. The van der Waals surface area contributed by atoms with Crippen LogP contribution in [0.4, 0.5) is 0 Å². The molecule has 1 heterocycles. The molecule has 0 amide bonds. The molecular weight excluding hydrogens is 252 g/mol. The third-order valence-electron chi connectivity index (χ3n) is 4.80. The van der Waals surface area contributed by atoms with E-state index in [0.29, 0.717) is 0 Å². The van der Waals surface area contributed by atoms with Crippen LogP contribution in [0.2, 0.25) is 0 Å². The Bertz CT molecular complexity index is 526. The third kappa shape index (κ3) is 1.88. The summed E-state index contributed by atoms with van der Waals surface area (Å²) >= 11 is 4.58. The largest absolute Gasteiger partial charge is 0.369 e. The van der Waals surface area contributed by atoms with Gasteiger partial charge in [0.05, 0.1) is 12.2 Å². The number of aryl methyl sites for hydroxylation is 1. The number of thiol groups is 1. The number of ether oxygens (including phenoxy) is 1. The van der Waals surface area contributed by atoms with Crippen LogP contribution in [0.5, 0.6) is 0 Å². The first kappa shape index (κ1) is 13.3. The third-order valence-corrected chi connectivity index (χ3v) is 5.31. The number of rotatable bonds is 3. The van der Waals surface area contributed by atoms with Gasteiger partial charge in [-0.15, -0.1) is 0 Å². The molecule has 0 spiro atoms. The zero-order valence-electron chi connectivity index (χ0n) is 11.8. The molecule has 1 nitrogen and oxygen atoms in total. The van der Waals surface area contributed by atoms with Gasteiger partial charge in [0.2, 0.25) is 0 Å². The van der Waals surface area contributed by atoms with Crippen LogP contribution >= 0.6 is 12.6 Å². The molecule has 0 saturated carbocycles. The molecule has 0 aromatic heterocycles. The van der Waals surface area contributed by atoms with Crippen molar-refractivity contribution >= 4 is 18.2 Å². The molecule has 3 rings (SSSR count). The first-order chi connectivity index (χ1) is 9.25. The Kier molecular flexibility index (Phi) is 3.48. The molecule has 2 heteroatoms. The summed E-state index contributed by atoms with van der Waals surface area (Å²) in [5.74, 6) is 0.789. The summed E-state index contributed by atoms with van der Waals surface area (Å²) in [7, 11) is 0. The van der Waals surface area contributed by atoms with Gasteiger partial charge in [0, 0.05) is 5.75 Å². The highest BCUT2D eigenvalue weighted by atomic mass is 32.1. The van der Waals surface area contributed by atoms with Crippen molar-refractivity contribution in [3.05, 3.63) is 40.5 Å². The highest BCUT2D eigenvalue weighted by Gasteiger charge is 2.41. The van der Waals surface area contributed by atoms with Gasteiger partial charge < -0.3 is 4.74 Å². The van der Waals surface area contributed by atoms with Gasteiger partial charge >= 0.3 is 0 Å². The van der Waals surface area contributed by atoms with E-state index in [2.05, 4.69) is 44.7 Å². The van der Waals surface area contributed by atoms with Gasteiger partial charge in [-0.3, -0.25) is 0 Å². The van der Waals surface area contributed by atoms with Crippen LogP contribution in [0, 0.1) is 0 Å². The summed E-state index contributed by atoms with van der Waals surface area (Å²) < 4.78 is 6.15. The molecule has 2 aliphatic rings. The zero-order chi connectivity index (χ0) is 13.5. The van der Waals surface area contributed by atoms with Crippen molar-refractivity contribution in [2.24, 2.45) is 0 Å². The second kappa shape index (κ2) is 4.99. The Morgan fingerprint density at radius 3 is 2.84 bits per heavy atom. The first-order valence-corrected chi connectivity index (χ1v) is 7.97. The van der Waals surface area contributed by atoms with E-state index >= 15 is 0 Å². The van der Waals surface area contributed by atoms with Crippen molar-refractivity contribution in [1.82, 2.24) is 0 Å². The van der Waals surface area contributed by atoms with Gasteiger partial charge in [-0.1, -0.05) is 32.0 Å². The van der Waals surface area contributed by atoms with Gasteiger partial charge in [0.25, 0.3) is 0 Å². The molecule has 1 aliphatic carbocycles. The second-order valence-electron chi connectivity index (χ2n) is 5.54. The van der Waals surface area contributed by atoms with Crippen LogP contribution in [0.1, 0.15) is 43.4 Å². The van der Waals surface area contributed by atoms with E-state index in [1.807, 2.05) is 0 Å². The lowest BCUT2D eigenvalue weighted by atomic mass is 9.85. The maximum absolute atomic E-state index is 6.15. The predicted octanol–water partition coefficient (Wildman–Crippen LogP) is 4.06. The van der Waals surface area contributed by atoms with Crippen LogP contribution < -0.4 is 0 Å². The van der Waals surface area contributed by atoms with E-state index in [1.54, 1.807) is 11.1 Å². The van der Waals surface area contributed by atoms with E-state index in [1.165, 1.54) is 16.7 Å². The molecule has 0 bridgehead atoms. The van der Waals surface area contributed by atoms with E-state index in [0.717, 1.165) is 38.0 Å². The van der Waals surface area contributed by atoms with E-state index in [4.69, 9.17) is 4.74 Å². The molecule has 1 unspecified atom stereocenters.